The van der Waals surface area contributed by atoms with E-state index < -0.39 is 0 Å². The highest BCUT2D eigenvalue weighted by atomic mass is 15.1. The molecule has 2 N–H and O–H groups in total. The molecular weight excluding hydrogens is 500 g/mol. The molecular formula is C37H28N4. The standard InChI is InChI=1S/C37H28N4/c1-27-8-10-28(11-9-27)12-16-30-25-37(40-2)31(24-32(30)26-38)17-13-29-14-20-35(21-15-29)41(34-6-4-3-5-7-34)36-22-18-33(39)19-23-36/h3-25H,39H2,1H3. The minimum absolute atomic E-state index is 0.499. The maximum absolute atomic E-state index is 9.81. The van der Waals surface area contributed by atoms with Gasteiger partial charge in [0.15, 0.2) is 5.69 Å². The number of anilines is 4. The van der Waals surface area contributed by atoms with E-state index in [1.807, 2.05) is 110 Å². The second-order valence-electron chi connectivity index (χ2n) is 9.65. The summed E-state index contributed by atoms with van der Waals surface area (Å²) in [6.45, 7) is 9.78. The predicted molar refractivity (Wildman–Crippen MR) is 172 cm³/mol. The summed E-state index contributed by atoms with van der Waals surface area (Å²) < 4.78 is 0. The number of rotatable bonds is 7. The highest BCUT2D eigenvalue weighted by molar-refractivity contribution is 5.83. The Hall–Kier alpha value is -5.84. The zero-order valence-corrected chi connectivity index (χ0v) is 22.7. The van der Waals surface area contributed by atoms with Crippen molar-refractivity contribution in [3.8, 4) is 6.07 Å². The molecule has 0 aliphatic carbocycles. The maximum atomic E-state index is 9.81. The van der Waals surface area contributed by atoms with Gasteiger partial charge in [-0.3, -0.25) is 0 Å². The molecule has 4 nitrogen and oxygen atoms in total. The van der Waals surface area contributed by atoms with E-state index in [2.05, 4.69) is 40.1 Å². The van der Waals surface area contributed by atoms with E-state index in [-0.39, 0.29) is 0 Å². The lowest BCUT2D eigenvalue weighted by molar-refractivity contribution is 1.28. The predicted octanol–water partition coefficient (Wildman–Crippen LogP) is 9.81. The Labute approximate surface area is 241 Å². The number of benzene rings is 5. The van der Waals surface area contributed by atoms with E-state index in [0.29, 0.717) is 16.8 Å². The van der Waals surface area contributed by atoms with Crippen LogP contribution in [0.4, 0.5) is 28.4 Å². The second kappa shape index (κ2) is 12.3. The van der Waals surface area contributed by atoms with Crippen LogP contribution in [0.25, 0.3) is 29.1 Å². The van der Waals surface area contributed by atoms with Gasteiger partial charge in [-0.1, -0.05) is 84.5 Å². The SMILES string of the molecule is [C-]#[N+]c1cc(C=Cc2ccc(C)cc2)c(C#N)cc1C=Cc1ccc(N(c2ccccc2)c2ccc(N)cc2)cc1. The highest BCUT2D eigenvalue weighted by Crippen LogP contribution is 2.35. The first-order valence-corrected chi connectivity index (χ1v) is 13.2. The normalized spacial score (nSPS) is 10.9. The monoisotopic (exact) mass is 528 g/mol. The zero-order valence-electron chi connectivity index (χ0n) is 22.7. The van der Waals surface area contributed by atoms with Gasteiger partial charge in [0.2, 0.25) is 0 Å². The molecule has 5 aromatic carbocycles. The topological polar surface area (TPSA) is 57.4 Å². The lowest BCUT2D eigenvalue weighted by Gasteiger charge is -2.25. The molecule has 5 rings (SSSR count). The molecule has 0 spiro atoms. The number of nitrogens with zero attached hydrogens (tertiary/aromatic N) is 3. The third kappa shape index (κ3) is 6.42. The number of nitrogen functional groups attached to an aromatic ring is 1. The number of para-hydroxylation sites is 1. The van der Waals surface area contributed by atoms with Crippen molar-refractivity contribution < 1.29 is 0 Å². The van der Waals surface area contributed by atoms with Crippen LogP contribution >= 0.6 is 0 Å². The van der Waals surface area contributed by atoms with E-state index in [9.17, 15) is 5.26 Å². The molecule has 0 aliphatic rings. The van der Waals surface area contributed by atoms with Crippen LogP contribution in [0.2, 0.25) is 0 Å². The fraction of sp³-hybridized carbons (Fsp3) is 0.0270. The molecule has 0 saturated heterocycles. The lowest BCUT2D eigenvalue weighted by Crippen LogP contribution is -2.09. The number of nitrogens with two attached hydrogens (primary N) is 1. The van der Waals surface area contributed by atoms with E-state index >= 15 is 0 Å². The van der Waals surface area contributed by atoms with Gasteiger partial charge in [-0.25, -0.2) is 4.85 Å². The van der Waals surface area contributed by atoms with Crippen LogP contribution in [0.5, 0.6) is 0 Å². The molecule has 5 aromatic rings. The number of hydrogen-bond donors (Lipinski definition) is 1. The molecule has 0 aromatic heterocycles. The van der Waals surface area contributed by atoms with Crippen LogP contribution in [0, 0.1) is 24.8 Å². The molecule has 0 fully saturated rings. The van der Waals surface area contributed by atoms with Crippen LogP contribution in [0.3, 0.4) is 0 Å². The Kier molecular flexibility index (Phi) is 8.06. The van der Waals surface area contributed by atoms with Crippen molar-refractivity contribution in [3.63, 3.8) is 0 Å². The Morgan fingerprint density at radius 1 is 0.683 bits per heavy atom. The van der Waals surface area contributed by atoms with Crippen LogP contribution in [-0.2, 0) is 0 Å². The van der Waals surface area contributed by atoms with Gasteiger partial charge in [-0.15, -0.1) is 0 Å². The fourth-order valence-electron chi connectivity index (χ4n) is 4.52. The van der Waals surface area contributed by atoms with Gasteiger partial charge in [-0.2, -0.15) is 5.26 Å². The largest absolute Gasteiger partial charge is 0.399 e. The summed E-state index contributed by atoms with van der Waals surface area (Å²) in [7, 11) is 0. The fourth-order valence-corrected chi connectivity index (χ4v) is 4.52. The third-order valence-electron chi connectivity index (χ3n) is 6.74. The lowest BCUT2D eigenvalue weighted by atomic mass is 10.0. The van der Waals surface area contributed by atoms with Gasteiger partial charge in [0.1, 0.15) is 0 Å². The van der Waals surface area contributed by atoms with Crippen molar-refractivity contribution in [2.24, 2.45) is 0 Å². The molecule has 0 saturated carbocycles. The summed E-state index contributed by atoms with van der Waals surface area (Å²) in [4.78, 5) is 5.91. The molecule has 41 heavy (non-hydrogen) atoms. The van der Waals surface area contributed by atoms with Crippen LogP contribution in [0.1, 0.15) is 33.4 Å². The van der Waals surface area contributed by atoms with E-state index in [0.717, 1.165) is 39.4 Å². The van der Waals surface area contributed by atoms with Gasteiger partial charge in [0.05, 0.1) is 18.2 Å². The van der Waals surface area contributed by atoms with Crippen molar-refractivity contribution in [3.05, 3.63) is 160 Å². The number of hydrogen-bond acceptors (Lipinski definition) is 3. The summed E-state index contributed by atoms with van der Waals surface area (Å²) >= 11 is 0. The quantitative estimate of drug-likeness (QED) is 0.130. The molecule has 0 unspecified atom stereocenters. The summed E-state index contributed by atoms with van der Waals surface area (Å²) in [6.07, 6.45) is 7.71. The van der Waals surface area contributed by atoms with Gasteiger partial charge < -0.3 is 10.6 Å². The van der Waals surface area contributed by atoms with E-state index in [1.165, 1.54) is 5.56 Å². The number of nitriles is 1. The average molecular weight is 529 g/mol. The first-order valence-electron chi connectivity index (χ1n) is 13.2. The van der Waals surface area contributed by atoms with Gasteiger partial charge >= 0.3 is 0 Å². The zero-order chi connectivity index (χ0) is 28.6. The minimum atomic E-state index is 0.499. The van der Waals surface area contributed by atoms with E-state index in [1.54, 1.807) is 12.1 Å². The summed E-state index contributed by atoms with van der Waals surface area (Å²) in [6, 6.07) is 40.2. The van der Waals surface area contributed by atoms with Crippen molar-refractivity contribution >= 4 is 52.7 Å². The molecule has 0 heterocycles. The van der Waals surface area contributed by atoms with Crippen LogP contribution in [0.15, 0.2) is 115 Å². The first-order chi connectivity index (χ1) is 20.0. The maximum Gasteiger partial charge on any atom is 0.194 e. The minimum Gasteiger partial charge on any atom is -0.399 e. The Morgan fingerprint density at radius 2 is 1.22 bits per heavy atom. The highest BCUT2D eigenvalue weighted by Gasteiger charge is 2.12. The van der Waals surface area contributed by atoms with Gasteiger partial charge in [0, 0.05) is 22.7 Å². The Morgan fingerprint density at radius 3 is 1.80 bits per heavy atom. The smallest absolute Gasteiger partial charge is 0.194 e. The average Bonchev–Trinajstić information content (AvgIpc) is 3.02. The van der Waals surface area contributed by atoms with Crippen LogP contribution < -0.4 is 10.6 Å². The number of aryl methyl sites for hydroxylation is 1. The Bertz CT molecular complexity index is 1780. The molecule has 0 aliphatic heterocycles. The van der Waals surface area contributed by atoms with Crippen molar-refractivity contribution in [1.29, 1.82) is 5.26 Å². The molecule has 196 valence electrons. The van der Waals surface area contributed by atoms with Crippen LogP contribution in [-0.4, -0.2) is 0 Å². The molecule has 0 radical (unpaired) electrons. The molecule has 0 bridgehead atoms. The van der Waals surface area contributed by atoms with Gasteiger partial charge in [-0.05, 0) is 89.8 Å². The van der Waals surface area contributed by atoms with Crippen molar-refractivity contribution in [2.75, 3.05) is 10.6 Å². The second-order valence-corrected chi connectivity index (χ2v) is 9.65. The summed E-state index contributed by atoms with van der Waals surface area (Å²) in [5.74, 6) is 0. The Balaban J connectivity index is 1.41. The van der Waals surface area contributed by atoms with Crippen molar-refractivity contribution in [2.45, 2.75) is 6.92 Å². The van der Waals surface area contributed by atoms with E-state index in [4.69, 9.17) is 12.3 Å². The summed E-state index contributed by atoms with van der Waals surface area (Å²) in [5, 5.41) is 9.81. The third-order valence-corrected chi connectivity index (χ3v) is 6.74. The molecule has 0 atom stereocenters. The van der Waals surface area contributed by atoms with Crippen molar-refractivity contribution in [1.82, 2.24) is 0 Å². The van der Waals surface area contributed by atoms with Gasteiger partial charge in [0.25, 0.3) is 0 Å². The molecule has 4 heteroatoms. The molecule has 0 amide bonds. The summed E-state index contributed by atoms with van der Waals surface area (Å²) in [5.41, 5.74) is 15.4. The first kappa shape index (κ1) is 26.8.